The van der Waals surface area contributed by atoms with E-state index in [0.29, 0.717) is 0 Å². The number of hydrogen-bond acceptors (Lipinski definition) is 0. The molecular weight excluding hydrogens is 218 g/mol. The van der Waals surface area contributed by atoms with E-state index in [2.05, 4.69) is 72.6 Å². The number of aromatic nitrogens is 1. The maximum atomic E-state index is 3.37. The molecule has 88 valence electrons. The average Bonchev–Trinajstić information content (AvgIpc) is 2.87. The lowest BCUT2D eigenvalue weighted by Crippen LogP contribution is -1.81. The number of hydrogen-bond donors (Lipinski definition) is 1. The number of H-pyrrole nitrogens is 1. The highest BCUT2D eigenvalue weighted by atomic mass is 14.7. The Kier molecular flexibility index (Phi) is 2.73. The van der Waals surface area contributed by atoms with Crippen molar-refractivity contribution in [1.82, 2.24) is 4.98 Å². The van der Waals surface area contributed by atoms with Gasteiger partial charge in [-0.1, -0.05) is 48.5 Å². The number of aromatic amines is 1. The zero-order chi connectivity index (χ0) is 12.4. The minimum atomic E-state index is 1.17. The topological polar surface area (TPSA) is 15.8 Å². The van der Waals surface area contributed by atoms with E-state index in [1.165, 1.54) is 28.1 Å². The second-order valence-electron chi connectivity index (χ2n) is 4.50. The van der Waals surface area contributed by atoms with Crippen LogP contribution in [-0.4, -0.2) is 4.98 Å². The molecule has 3 aromatic rings. The SMILES string of the molecule is Cc1ccc(-c2cccc(-c3ccccc3)c2)[nH]1. The molecule has 3 rings (SSSR count). The first kappa shape index (κ1) is 10.8. The Balaban J connectivity index is 2.05. The van der Waals surface area contributed by atoms with Crippen LogP contribution in [0.2, 0.25) is 0 Å². The standard InChI is InChI=1S/C17H15N/c1-13-10-11-17(18-13)16-9-5-8-15(12-16)14-6-3-2-4-7-14/h2-12,18H,1H3. The number of nitrogens with one attached hydrogen (secondary N) is 1. The summed E-state index contributed by atoms with van der Waals surface area (Å²) in [6, 6.07) is 23.3. The van der Waals surface area contributed by atoms with Gasteiger partial charge in [-0.05, 0) is 41.8 Å². The Morgan fingerprint density at radius 1 is 0.667 bits per heavy atom. The van der Waals surface area contributed by atoms with Crippen molar-refractivity contribution >= 4 is 0 Å². The molecular formula is C17H15N. The highest BCUT2D eigenvalue weighted by molar-refractivity contribution is 5.71. The fourth-order valence-corrected chi connectivity index (χ4v) is 2.17. The largest absolute Gasteiger partial charge is 0.359 e. The van der Waals surface area contributed by atoms with Gasteiger partial charge in [-0.2, -0.15) is 0 Å². The van der Waals surface area contributed by atoms with Crippen LogP contribution in [0.25, 0.3) is 22.4 Å². The van der Waals surface area contributed by atoms with Gasteiger partial charge in [0.2, 0.25) is 0 Å². The van der Waals surface area contributed by atoms with E-state index < -0.39 is 0 Å². The second-order valence-corrected chi connectivity index (χ2v) is 4.50. The molecule has 0 saturated heterocycles. The molecule has 0 spiro atoms. The maximum Gasteiger partial charge on any atom is 0.0456 e. The van der Waals surface area contributed by atoms with E-state index in [-0.39, 0.29) is 0 Å². The molecule has 2 aromatic carbocycles. The highest BCUT2D eigenvalue weighted by Gasteiger charge is 2.02. The molecule has 0 unspecified atom stereocenters. The lowest BCUT2D eigenvalue weighted by Gasteiger charge is -2.04. The predicted octanol–water partition coefficient (Wildman–Crippen LogP) is 4.66. The molecule has 0 saturated carbocycles. The summed E-state index contributed by atoms with van der Waals surface area (Å²) in [6.07, 6.45) is 0. The molecule has 0 bridgehead atoms. The molecule has 0 fully saturated rings. The first-order valence-electron chi connectivity index (χ1n) is 6.14. The van der Waals surface area contributed by atoms with E-state index in [9.17, 15) is 0 Å². The predicted molar refractivity (Wildman–Crippen MR) is 76.4 cm³/mol. The van der Waals surface area contributed by atoms with E-state index in [4.69, 9.17) is 0 Å². The minimum Gasteiger partial charge on any atom is -0.359 e. The average molecular weight is 233 g/mol. The zero-order valence-electron chi connectivity index (χ0n) is 10.4. The summed E-state index contributed by atoms with van der Waals surface area (Å²) in [5, 5.41) is 0. The Hall–Kier alpha value is -2.28. The molecule has 0 aliphatic rings. The number of rotatable bonds is 2. The number of aryl methyl sites for hydroxylation is 1. The minimum absolute atomic E-state index is 1.17. The molecule has 1 nitrogen and oxygen atoms in total. The fourth-order valence-electron chi connectivity index (χ4n) is 2.17. The van der Waals surface area contributed by atoms with Gasteiger partial charge in [0.05, 0.1) is 0 Å². The summed E-state index contributed by atoms with van der Waals surface area (Å²) in [7, 11) is 0. The maximum absolute atomic E-state index is 3.37. The lowest BCUT2D eigenvalue weighted by atomic mass is 10.0. The van der Waals surface area contributed by atoms with Gasteiger partial charge in [0.25, 0.3) is 0 Å². The van der Waals surface area contributed by atoms with Crippen LogP contribution >= 0.6 is 0 Å². The van der Waals surface area contributed by atoms with Crippen molar-refractivity contribution in [2.45, 2.75) is 6.92 Å². The molecule has 1 heterocycles. The molecule has 0 aliphatic carbocycles. The lowest BCUT2D eigenvalue weighted by molar-refractivity contribution is 1.27. The van der Waals surface area contributed by atoms with Crippen molar-refractivity contribution in [3.05, 3.63) is 72.4 Å². The zero-order valence-corrected chi connectivity index (χ0v) is 10.4. The Labute approximate surface area is 107 Å². The van der Waals surface area contributed by atoms with Crippen LogP contribution in [0.4, 0.5) is 0 Å². The molecule has 0 amide bonds. The third-order valence-corrected chi connectivity index (χ3v) is 3.11. The van der Waals surface area contributed by atoms with Crippen molar-refractivity contribution in [2.24, 2.45) is 0 Å². The van der Waals surface area contributed by atoms with Gasteiger partial charge in [0.1, 0.15) is 0 Å². The quantitative estimate of drug-likeness (QED) is 0.662. The third-order valence-electron chi connectivity index (χ3n) is 3.11. The van der Waals surface area contributed by atoms with Gasteiger partial charge in [-0.15, -0.1) is 0 Å². The van der Waals surface area contributed by atoms with Crippen LogP contribution in [0.1, 0.15) is 5.69 Å². The molecule has 1 aromatic heterocycles. The molecule has 1 heteroatoms. The number of benzene rings is 2. The highest BCUT2D eigenvalue weighted by Crippen LogP contribution is 2.25. The van der Waals surface area contributed by atoms with Gasteiger partial charge in [-0.3, -0.25) is 0 Å². The Morgan fingerprint density at radius 2 is 1.39 bits per heavy atom. The van der Waals surface area contributed by atoms with Crippen LogP contribution in [0, 0.1) is 6.92 Å². The molecule has 0 atom stereocenters. The third kappa shape index (κ3) is 2.07. The first-order valence-corrected chi connectivity index (χ1v) is 6.14. The van der Waals surface area contributed by atoms with Crippen molar-refractivity contribution in [2.75, 3.05) is 0 Å². The molecule has 0 aliphatic heterocycles. The summed E-state index contributed by atoms with van der Waals surface area (Å²) >= 11 is 0. The van der Waals surface area contributed by atoms with Gasteiger partial charge < -0.3 is 4.98 Å². The fraction of sp³-hybridized carbons (Fsp3) is 0.0588. The summed E-state index contributed by atoms with van der Waals surface area (Å²) in [6.45, 7) is 2.07. The van der Waals surface area contributed by atoms with E-state index >= 15 is 0 Å². The van der Waals surface area contributed by atoms with Crippen molar-refractivity contribution in [3.8, 4) is 22.4 Å². The Bertz CT molecular complexity index is 650. The van der Waals surface area contributed by atoms with E-state index in [1.807, 2.05) is 6.07 Å². The van der Waals surface area contributed by atoms with Gasteiger partial charge in [0, 0.05) is 11.4 Å². The van der Waals surface area contributed by atoms with Crippen molar-refractivity contribution in [3.63, 3.8) is 0 Å². The Morgan fingerprint density at radius 3 is 2.11 bits per heavy atom. The molecule has 0 radical (unpaired) electrons. The second kappa shape index (κ2) is 4.53. The first-order chi connectivity index (χ1) is 8.83. The summed E-state index contributed by atoms with van der Waals surface area (Å²) in [5.41, 5.74) is 6.09. The van der Waals surface area contributed by atoms with Gasteiger partial charge in [0.15, 0.2) is 0 Å². The smallest absolute Gasteiger partial charge is 0.0456 e. The normalized spacial score (nSPS) is 10.5. The summed E-state index contributed by atoms with van der Waals surface area (Å²) in [5.74, 6) is 0. The van der Waals surface area contributed by atoms with Crippen LogP contribution in [-0.2, 0) is 0 Å². The van der Waals surface area contributed by atoms with Crippen molar-refractivity contribution < 1.29 is 0 Å². The molecule has 1 N–H and O–H groups in total. The van der Waals surface area contributed by atoms with Crippen LogP contribution in [0.3, 0.4) is 0 Å². The summed E-state index contributed by atoms with van der Waals surface area (Å²) in [4.78, 5) is 3.37. The molecule has 18 heavy (non-hydrogen) atoms. The van der Waals surface area contributed by atoms with Crippen LogP contribution < -0.4 is 0 Å². The van der Waals surface area contributed by atoms with E-state index in [0.717, 1.165) is 0 Å². The van der Waals surface area contributed by atoms with Crippen molar-refractivity contribution in [1.29, 1.82) is 0 Å². The van der Waals surface area contributed by atoms with Crippen LogP contribution in [0.15, 0.2) is 66.7 Å². The van der Waals surface area contributed by atoms with Crippen LogP contribution in [0.5, 0.6) is 0 Å². The van der Waals surface area contributed by atoms with Gasteiger partial charge in [-0.25, -0.2) is 0 Å². The van der Waals surface area contributed by atoms with E-state index in [1.54, 1.807) is 0 Å². The van der Waals surface area contributed by atoms with Gasteiger partial charge >= 0.3 is 0 Å². The monoisotopic (exact) mass is 233 g/mol. The summed E-state index contributed by atoms with van der Waals surface area (Å²) < 4.78 is 0.